The third-order valence-electron chi connectivity index (χ3n) is 8.39. The van der Waals surface area contributed by atoms with Crippen molar-refractivity contribution >= 4 is 67.2 Å². The predicted octanol–water partition coefficient (Wildman–Crippen LogP) is 7.25. The molecule has 2 N–H and O–H groups in total. The highest BCUT2D eigenvalue weighted by atomic mass is 24.3. The lowest BCUT2D eigenvalue weighted by molar-refractivity contribution is 0.596. The van der Waals surface area contributed by atoms with E-state index in [-0.39, 0.29) is 28.5 Å². The van der Waals surface area contributed by atoms with Gasteiger partial charge in [0.1, 0.15) is 22.6 Å². The van der Waals surface area contributed by atoms with Gasteiger partial charge in [-0.15, -0.1) is 0 Å². The fourth-order valence-corrected chi connectivity index (χ4v) is 6.32. The Labute approximate surface area is 274 Å². The summed E-state index contributed by atoms with van der Waals surface area (Å²) in [5, 5.41) is 3.91. The first kappa shape index (κ1) is 27.5. The molecule has 4 aromatic carbocycles. The van der Waals surface area contributed by atoms with Crippen molar-refractivity contribution in [1.29, 1.82) is 0 Å². The lowest BCUT2D eigenvalue weighted by Crippen LogP contribution is -2.11. The van der Waals surface area contributed by atoms with Gasteiger partial charge >= 0.3 is 23.1 Å². The maximum Gasteiger partial charge on any atom is 0.316 e. The van der Waals surface area contributed by atoms with E-state index in [4.69, 9.17) is 29.9 Å². The molecule has 2 aliphatic heterocycles. The number of H-pyrrole nitrogens is 2. The van der Waals surface area contributed by atoms with Gasteiger partial charge in [-0.05, 0) is 11.0 Å². The van der Waals surface area contributed by atoms with Gasteiger partial charge in [0, 0.05) is 43.8 Å². The van der Waals surface area contributed by atoms with Crippen LogP contribution in [0, 0.1) is 0 Å². The molecule has 0 unspecified atom stereocenters. The van der Waals surface area contributed by atoms with Gasteiger partial charge in [-0.25, -0.2) is 29.9 Å². The molecule has 45 heavy (non-hydrogen) atoms. The quantitative estimate of drug-likeness (QED) is 0.178. The second kappa shape index (κ2) is 10.0. The summed E-state index contributed by atoms with van der Waals surface area (Å²) in [5.74, 6) is 2.40. The topological polar surface area (TPSA) is 109 Å². The molecule has 0 fully saturated rings. The maximum absolute atomic E-state index is 5.19. The van der Waals surface area contributed by atoms with Crippen LogP contribution in [0.3, 0.4) is 0 Å². The Balaban J connectivity index is 0.00000300. The Kier molecular flexibility index (Phi) is 6.13. The van der Waals surface area contributed by atoms with Gasteiger partial charge in [-0.2, -0.15) is 0 Å². The number of fused-ring (bicyclic) bond motifs is 20. The second-order valence-electron chi connectivity index (χ2n) is 12.2. The zero-order valence-corrected chi connectivity index (χ0v) is 24.3. The third kappa shape index (κ3) is 4.26. The van der Waals surface area contributed by atoms with Crippen molar-refractivity contribution < 1.29 is 0 Å². The first-order valence-corrected chi connectivity index (χ1v) is 14.7. The summed E-state index contributed by atoms with van der Waals surface area (Å²) in [6, 6.07) is 30.6. The molecule has 8 bridgehead atoms. The minimum atomic E-state index is -0.131. The largest absolute Gasteiger partial charge is 0.324 e. The first-order valence-electron chi connectivity index (χ1n) is 14.7. The standard InChI is InChI=1S/C36H26N8.Mg.2H/c1-36(2,3)26-18-10-17-25-27(26)35-43-33-24-16-9-8-15-23(24)31(41-33)39-29-20-12-5-4-11-19(20)28(37-29)38-30-21-13-6-7-14-22(21)32(40-30)42-34(25)44-35;;;/h4-18H,1-3H3,(H2,37,38,39,40,41,42,43,44);;;. The van der Waals surface area contributed by atoms with Gasteiger partial charge in [-0.3, -0.25) is 0 Å². The zero-order valence-electron chi connectivity index (χ0n) is 24.3. The molecule has 0 saturated heterocycles. The Morgan fingerprint density at radius 2 is 0.800 bits per heavy atom. The number of hydrogen-bond acceptors (Lipinski definition) is 6. The van der Waals surface area contributed by atoms with E-state index in [9.17, 15) is 0 Å². The number of benzene rings is 4. The molecule has 0 amide bonds. The summed E-state index contributed by atoms with van der Waals surface area (Å²) in [4.78, 5) is 37.5. The first-order chi connectivity index (χ1) is 21.4. The number of hydrogen-bond donors (Lipinski definition) is 2. The molecule has 0 saturated carbocycles. The molecule has 0 atom stereocenters. The molecule has 0 radical (unpaired) electrons. The molecule has 8 nitrogen and oxygen atoms in total. The molecular weight excluding hydrogens is 569 g/mol. The number of nitrogens with one attached hydrogen (secondary N) is 2. The number of rotatable bonds is 0. The van der Waals surface area contributed by atoms with E-state index in [0.29, 0.717) is 45.9 Å². The zero-order chi connectivity index (χ0) is 29.6. The van der Waals surface area contributed by atoms with Crippen LogP contribution >= 0.6 is 0 Å². The number of aromatic nitrogens is 8. The van der Waals surface area contributed by atoms with Crippen LogP contribution in [0.15, 0.2) is 91.0 Å². The summed E-state index contributed by atoms with van der Waals surface area (Å²) in [6.45, 7) is 6.65. The Morgan fingerprint density at radius 1 is 0.422 bits per heavy atom. The van der Waals surface area contributed by atoms with E-state index in [1.54, 1.807) is 0 Å². The highest BCUT2D eigenvalue weighted by Gasteiger charge is 2.24. The van der Waals surface area contributed by atoms with Crippen LogP contribution in [0.4, 0.5) is 0 Å². The molecular formula is C36H28MgN8. The smallest absolute Gasteiger partial charge is 0.316 e. The van der Waals surface area contributed by atoms with E-state index >= 15 is 0 Å². The summed E-state index contributed by atoms with van der Waals surface area (Å²) in [6.07, 6.45) is 0. The van der Waals surface area contributed by atoms with Crippen LogP contribution in [0.2, 0.25) is 0 Å². The van der Waals surface area contributed by atoms with Crippen LogP contribution in [-0.2, 0) is 5.41 Å². The van der Waals surface area contributed by atoms with Crippen LogP contribution in [0.25, 0.3) is 89.7 Å². The van der Waals surface area contributed by atoms with E-state index in [0.717, 1.165) is 43.8 Å². The average molecular weight is 597 g/mol. The monoisotopic (exact) mass is 596 g/mol. The van der Waals surface area contributed by atoms with Gasteiger partial charge in [0.15, 0.2) is 23.3 Å². The summed E-state index contributed by atoms with van der Waals surface area (Å²) < 4.78 is 0. The van der Waals surface area contributed by atoms with Crippen LogP contribution < -0.4 is 0 Å². The van der Waals surface area contributed by atoms with Gasteiger partial charge in [-0.1, -0.05) is 112 Å². The predicted molar refractivity (Wildman–Crippen MR) is 183 cm³/mol. The van der Waals surface area contributed by atoms with Gasteiger partial charge in [0.25, 0.3) is 0 Å². The summed E-state index contributed by atoms with van der Waals surface area (Å²) in [5.41, 5.74) is 7.53. The summed E-state index contributed by atoms with van der Waals surface area (Å²) in [7, 11) is 0. The van der Waals surface area contributed by atoms with Gasteiger partial charge < -0.3 is 9.97 Å². The minimum Gasteiger partial charge on any atom is -0.324 e. The molecule has 5 heterocycles. The normalized spacial score (nSPS) is 12.2. The van der Waals surface area contributed by atoms with Crippen molar-refractivity contribution in [1.82, 2.24) is 39.9 Å². The molecule has 2 aliphatic rings. The van der Waals surface area contributed by atoms with Crippen molar-refractivity contribution in [2.24, 2.45) is 0 Å². The molecule has 7 aromatic rings. The van der Waals surface area contributed by atoms with Crippen molar-refractivity contribution in [3.8, 4) is 45.6 Å². The van der Waals surface area contributed by atoms with Crippen molar-refractivity contribution in [3.05, 3.63) is 96.6 Å². The molecule has 3 aromatic heterocycles. The Morgan fingerprint density at radius 3 is 1.27 bits per heavy atom. The lowest BCUT2D eigenvalue weighted by Gasteiger charge is -2.20. The van der Waals surface area contributed by atoms with Crippen LogP contribution in [-0.4, -0.2) is 62.9 Å². The fraction of sp³-hybridized carbons (Fsp3) is 0.111. The number of aromatic amines is 2. The van der Waals surface area contributed by atoms with Crippen molar-refractivity contribution in [2.75, 3.05) is 0 Å². The minimum absolute atomic E-state index is 0. The third-order valence-corrected chi connectivity index (χ3v) is 8.39. The van der Waals surface area contributed by atoms with Crippen LogP contribution in [0.5, 0.6) is 0 Å². The van der Waals surface area contributed by atoms with E-state index < -0.39 is 0 Å². The Bertz CT molecular complexity index is 2500. The van der Waals surface area contributed by atoms with Gasteiger partial charge in [0.05, 0.1) is 0 Å². The van der Waals surface area contributed by atoms with Gasteiger partial charge in [0.2, 0.25) is 0 Å². The highest BCUT2D eigenvalue weighted by Crippen LogP contribution is 2.38. The van der Waals surface area contributed by atoms with Crippen LogP contribution in [0.1, 0.15) is 26.3 Å². The molecule has 0 spiro atoms. The molecule has 0 aliphatic carbocycles. The van der Waals surface area contributed by atoms with E-state index in [1.807, 2.05) is 72.8 Å². The molecule has 9 rings (SSSR count). The van der Waals surface area contributed by atoms with E-state index in [2.05, 4.69) is 48.9 Å². The number of nitrogens with zero attached hydrogens (tertiary/aromatic N) is 6. The highest BCUT2D eigenvalue weighted by molar-refractivity contribution is 6.08. The lowest BCUT2D eigenvalue weighted by atomic mass is 9.84. The Hall–Kier alpha value is -4.99. The van der Waals surface area contributed by atoms with Crippen molar-refractivity contribution in [3.63, 3.8) is 0 Å². The SMILES string of the molecule is CC(C)(C)c1cccc2c3nc4nc(nc5[nH]c(nc6nc(nc([nH]3)c12)-c1ccccc1-6)c1ccccc51)-c1ccccc1-4.[MgH2]. The average Bonchev–Trinajstić information content (AvgIpc) is 3.76. The molecule has 9 heteroatoms. The van der Waals surface area contributed by atoms with E-state index in [1.165, 1.54) is 5.56 Å². The maximum atomic E-state index is 5.19. The summed E-state index contributed by atoms with van der Waals surface area (Å²) >= 11 is 0. The fourth-order valence-electron chi connectivity index (χ4n) is 6.32. The molecule has 214 valence electrons. The van der Waals surface area contributed by atoms with Crippen molar-refractivity contribution in [2.45, 2.75) is 26.2 Å². The second-order valence-corrected chi connectivity index (χ2v) is 12.2.